The predicted octanol–water partition coefficient (Wildman–Crippen LogP) is 0.443. The number of carbonyl (C=O) groups is 3. The normalized spacial score (nSPS) is 11.7. The molecule has 0 saturated heterocycles. The molecule has 0 aliphatic rings. The van der Waals surface area contributed by atoms with Gasteiger partial charge in [-0.05, 0) is 27.7 Å². The van der Waals surface area contributed by atoms with Gasteiger partial charge in [-0.15, -0.1) is 0 Å². The molecule has 3 N–H and O–H groups in total. The van der Waals surface area contributed by atoms with Gasteiger partial charge in [-0.25, -0.2) is 9.59 Å². The van der Waals surface area contributed by atoms with Gasteiger partial charge in [0.1, 0.15) is 11.2 Å². The number of hydrogen-bond donors (Lipinski definition) is 2. The molecule has 0 spiro atoms. The molecule has 0 heterocycles. The molecule has 0 aliphatic carbocycles. The van der Waals surface area contributed by atoms with E-state index in [9.17, 15) is 14.4 Å². The average molecular weight is 258 g/mol. The molecule has 0 aromatic carbocycles. The number of nitrogens with one attached hydrogen (secondary N) is 1. The monoisotopic (exact) mass is 258 g/mol. The summed E-state index contributed by atoms with van der Waals surface area (Å²) in [4.78, 5) is 33.6. The van der Waals surface area contributed by atoms with Gasteiger partial charge < -0.3 is 15.2 Å². The van der Waals surface area contributed by atoms with Gasteiger partial charge in [0, 0.05) is 6.20 Å². The van der Waals surface area contributed by atoms with Gasteiger partial charge in [-0.1, -0.05) is 0 Å². The highest BCUT2D eigenvalue weighted by molar-refractivity contribution is 6.15. The third-order valence-corrected chi connectivity index (χ3v) is 1.49. The van der Waals surface area contributed by atoms with E-state index in [1.807, 2.05) is 0 Å². The van der Waals surface area contributed by atoms with Crippen LogP contribution in [0.3, 0.4) is 0 Å². The van der Waals surface area contributed by atoms with Crippen molar-refractivity contribution in [3.05, 3.63) is 11.8 Å². The van der Waals surface area contributed by atoms with Crippen molar-refractivity contribution in [1.82, 2.24) is 5.32 Å². The van der Waals surface area contributed by atoms with Crippen LogP contribution in [0.15, 0.2) is 11.8 Å². The van der Waals surface area contributed by atoms with E-state index in [2.05, 4.69) is 10.1 Å². The zero-order valence-corrected chi connectivity index (χ0v) is 10.9. The number of nitrogens with two attached hydrogens (primary N) is 1. The Kier molecular flexibility index (Phi) is 5.87. The fourth-order valence-electron chi connectivity index (χ4n) is 0.878. The van der Waals surface area contributed by atoms with Gasteiger partial charge in [-0.3, -0.25) is 10.1 Å². The highest BCUT2D eigenvalue weighted by Crippen LogP contribution is 2.06. The van der Waals surface area contributed by atoms with Crippen molar-refractivity contribution in [2.45, 2.75) is 33.3 Å². The van der Waals surface area contributed by atoms with Crippen LogP contribution in [0.2, 0.25) is 0 Å². The fraction of sp³-hybridized carbons (Fsp3) is 0.545. The lowest BCUT2D eigenvalue weighted by atomic mass is 10.2. The average Bonchev–Trinajstić information content (AvgIpc) is 2.14. The number of amides is 2. The minimum Gasteiger partial charge on any atom is -0.462 e. The Bertz CT molecular complexity index is 368. The van der Waals surface area contributed by atoms with E-state index < -0.39 is 29.1 Å². The highest BCUT2D eigenvalue weighted by Gasteiger charge is 2.19. The summed E-state index contributed by atoms with van der Waals surface area (Å²) in [7, 11) is 0. The molecule has 0 bridgehead atoms. The summed E-state index contributed by atoms with van der Waals surface area (Å²) < 4.78 is 9.51. The minimum atomic E-state index is -0.996. The molecular weight excluding hydrogens is 240 g/mol. The second kappa shape index (κ2) is 6.63. The first kappa shape index (κ1) is 16.0. The summed E-state index contributed by atoms with van der Waals surface area (Å²) in [5.74, 6) is -1.90. The molecule has 2 amide bonds. The lowest BCUT2D eigenvalue weighted by molar-refractivity contribution is -0.139. The van der Waals surface area contributed by atoms with Crippen LogP contribution in [-0.4, -0.2) is 30.2 Å². The maximum atomic E-state index is 11.3. The zero-order chi connectivity index (χ0) is 14.3. The summed E-state index contributed by atoms with van der Waals surface area (Å²) in [6.45, 7) is 6.71. The van der Waals surface area contributed by atoms with Crippen LogP contribution in [0.1, 0.15) is 27.7 Å². The Morgan fingerprint density at radius 1 is 1.28 bits per heavy atom. The molecule has 0 fully saturated rings. The van der Waals surface area contributed by atoms with Crippen LogP contribution in [0.25, 0.3) is 0 Å². The van der Waals surface area contributed by atoms with Crippen molar-refractivity contribution in [1.29, 1.82) is 0 Å². The molecule has 0 radical (unpaired) electrons. The van der Waals surface area contributed by atoms with Gasteiger partial charge in [0.2, 0.25) is 0 Å². The molecule has 7 heteroatoms. The maximum Gasteiger partial charge on any atom is 0.411 e. The van der Waals surface area contributed by atoms with E-state index >= 15 is 0 Å². The lowest BCUT2D eigenvalue weighted by Crippen LogP contribution is -2.31. The molecule has 0 unspecified atom stereocenters. The van der Waals surface area contributed by atoms with Gasteiger partial charge >= 0.3 is 12.1 Å². The van der Waals surface area contributed by atoms with E-state index in [1.54, 1.807) is 27.7 Å². The van der Waals surface area contributed by atoms with E-state index in [-0.39, 0.29) is 6.61 Å². The molecule has 0 aliphatic heterocycles. The van der Waals surface area contributed by atoms with E-state index in [0.717, 1.165) is 6.20 Å². The standard InChI is InChI=1S/C11H18N2O5/c1-5-17-9(15)7(8(12)14)6-13-10(16)18-11(2,3)4/h6H,5H2,1-4H3,(H2,12,14)(H,13,16)/b7-6+. The summed E-state index contributed by atoms with van der Waals surface area (Å²) in [5.41, 5.74) is 3.84. The molecule has 18 heavy (non-hydrogen) atoms. The topological polar surface area (TPSA) is 108 Å². The third kappa shape index (κ3) is 6.51. The molecule has 0 saturated carbocycles. The van der Waals surface area contributed by atoms with Crippen molar-refractivity contribution in [3.63, 3.8) is 0 Å². The van der Waals surface area contributed by atoms with Gasteiger partial charge in [-0.2, -0.15) is 0 Å². The highest BCUT2D eigenvalue weighted by atomic mass is 16.6. The molecule has 0 atom stereocenters. The van der Waals surface area contributed by atoms with Gasteiger partial charge in [0.25, 0.3) is 5.91 Å². The SMILES string of the molecule is CCOC(=O)/C(=C/NC(=O)OC(C)(C)C)C(N)=O. The number of rotatable bonds is 4. The molecule has 0 aromatic rings. The number of primary amides is 1. The fourth-order valence-corrected chi connectivity index (χ4v) is 0.878. The molecule has 7 nitrogen and oxygen atoms in total. The molecule has 0 rings (SSSR count). The number of carbonyl (C=O) groups excluding carboxylic acids is 3. The van der Waals surface area contributed by atoms with E-state index in [1.165, 1.54) is 0 Å². The molecule has 102 valence electrons. The quantitative estimate of drug-likeness (QED) is 0.329. The Balaban J connectivity index is 4.65. The maximum absolute atomic E-state index is 11.3. The van der Waals surface area contributed by atoms with Crippen molar-refractivity contribution in [2.24, 2.45) is 5.73 Å². The van der Waals surface area contributed by atoms with Crippen molar-refractivity contribution in [2.75, 3.05) is 6.61 Å². The summed E-state index contributed by atoms with van der Waals surface area (Å²) >= 11 is 0. The van der Waals surface area contributed by atoms with Gasteiger partial charge in [0.05, 0.1) is 6.61 Å². The minimum absolute atomic E-state index is 0.0931. The summed E-state index contributed by atoms with van der Waals surface area (Å²) in [6, 6.07) is 0. The Hall–Kier alpha value is -2.05. The number of alkyl carbamates (subject to hydrolysis) is 1. The van der Waals surface area contributed by atoms with Crippen molar-refractivity contribution >= 4 is 18.0 Å². The second-order valence-electron chi connectivity index (χ2n) is 4.29. The van der Waals surface area contributed by atoms with Crippen molar-refractivity contribution < 1.29 is 23.9 Å². The summed E-state index contributed by atoms with van der Waals surface area (Å²) in [6.07, 6.45) is 0.0690. The van der Waals surface area contributed by atoms with Crippen LogP contribution in [0, 0.1) is 0 Å². The number of ether oxygens (including phenoxy) is 2. The van der Waals surface area contributed by atoms with Crippen LogP contribution in [0.5, 0.6) is 0 Å². The van der Waals surface area contributed by atoms with E-state index in [0.29, 0.717) is 0 Å². The lowest BCUT2D eigenvalue weighted by Gasteiger charge is -2.18. The van der Waals surface area contributed by atoms with Crippen molar-refractivity contribution in [3.8, 4) is 0 Å². The number of esters is 1. The van der Waals surface area contributed by atoms with Crippen LogP contribution < -0.4 is 11.1 Å². The first-order valence-electron chi connectivity index (χ1n) is 5.34. The Labute approximate surface area is 105 Å². The summed E-state index contributed by atoms with van der Waals surface area (Å²) in [5, 5.41) is 2.14. The smallest absolute Gasteiger partial charge is 0.411 e. The molecular formula is C11H18N2O5. The molecule has 0 aromatic heterocycles. The Morgan fingerprint density at radius 2 is 1.83 bits per heavy atom. The Morgan fingerprint density at radius 3 is 2.22 bits per heavy atom. The van der Waals surface area contributed by atoms with Gasteiger partial charge in [0.15, 0.2) is 0 Å². The first-order valence-corrected chi connectivity index (χ1v) is 5.34. The second-order valence-corrected chi connectivity index (χ2v) is 4.29. The van der Waals surface area contributed by atoms with Crippen LogP contribution in [-0.2, 0) is 19.1 Å². The number of hydrogen-bond acceptors (Lipinski definition) is 5. The zero-order valence-electron chi connectivity index (χ0n) is 10.9. The van der Waals surface area contributed by atoms with E-state index in [4.69, 9.17) is 10.5 Å². The largest absolute Gasteiger partial charge is 0.462 e. The van der Waals surface area contributed by atoms with Crippen LogP contribution >= 0.6 is 0 Å². The first-order chi connectivity index (χ1) is 8.17. The predicted molar refractivity (Wildman–Crippen MR) is 63.3 cm³/mol. The van der Waals surface area contributed by atoms with Crippen LogP contribution in [0.4, 0.5) is 4.79 Å². The third-order valence-electron chi connectivity index (χ3n) is 1.49.